The molecule has 0 bridgehead atoms. The van der Waals surface area contributed by atoms with E-state index in [4.69, 9.17) is 16.3 Å². The predicted octanol–water partition coefficient (Wildman–Crippen LogP) is 3.14. The molecule has 2 aliphatic rings. The minimum absolute atomic E-state index is 0.0189. The van der Waals surface area contributed by atoms with Crippen LogP contribution < -0.4 is 10.1 Å². The molecule has 1 aliphatic heterocycles. The first-order valence-corrected chi connectivity index (χ1v) is 10.1. The van der Waals surface area contributed by atoms with Crippen molar-refractivity contribution in [2.24, 2.45) is 5.41 Å². The molecule has 1 spiro atoms. The number of halogens is 3. The second-order valence-corrected chi connectivity index (χ2v) is 8.02. The Hall–Kier alpha value is -1.34. The van der Waals surface area contributed by atoms with Gasteiger partial charge in [0, 0.05) is 25.2 Å². The molecule has 1 aromatic rings. The van der Waals surface area contributed by atoms with Crippen molar-refractivity contribution in [2.45, 2.75) is 31.7 Å². The van der Waals surface area contributed by atoms with Crippen molar-refractivity contribution in [2.75, 3.05) is 25.0 Å². The van der Waals surface area contributed by atoms with Gasteiger partial charge in [0.2, 0.25) is 5.91 Å². The fourth-order valence-corrected chi connectivity index (χ4v) is 4.27. The molecule has 8 heteroatoms. The number of hydrogen-bond donors (Lipinski definition) is 1. The molecule has 1 aromatic carbocycles. The number of carbonyl (C=O) groups is 2. The summed E-state index contributed by atoms with van der Waals surface area (Å²) >= 11 is 8.82. The standard InChI is InChI=1S/C18H21BrClFN2O3/c19-10-17(25)23-5-3-18(4-6-23)8-12(9-18)22-16(24)11-26-13-1-2-14(20)15(21)7-13/h1-2,7,12H,3-6,8-11H2,(H,22,24). The maximum atomic E-state index is 13.3. The van der Waals surface area contributed by atoms with Gasteiger partial charge in [-0.2, -0.15) is 0 Å². The summed E-state index contributed by atoms with van der Waals surface area (Å²) in [6.07, 6.45) is 3.84. The van der Waals surface area contributed by atoms with Crippen molar-refractivity contribution in [1.29, 1.82) is 0 Å². The molecule has 1 aliphatic carbocycles. The Morgan fingerprint density at radius 3 is 2.65 bits per heavy atom. The van der Waals surface area contributed by atoms with Crippen LogP contribution in [0.15, 0.2) is 18.2 Å². The number of rotatable bonds is 5. The molecule has 5 nitrogen and oxygen atoms in total. The number of amides is 2. The average molecular weight is 448 g/mol. The van der Waals surface area contributed by atoms with Crippen LogP contribution in [0.3, 0.4) is 0 Å². The first kappa shape index (κ1) is 19.4. The van der Waals surface area contributed by atoms with Crippen molar-refractivity contribution < 1.29 is 18.7 Å². The summed E-state index contributed by atoms with van der Waals surface area (Å²) in [6, 6.07) is 4.23. The first-order chi connectivity index (χ1) is 12.4. The van der Waals surface area contributed by atoms with E-state index >= 15 is 0 Å². The third kappa shape index (κ3) is 4.49. The summed E-state index contributed by atoms with van der Waals surface area (Å²) in [5, 5.41) is 3.35. The Bertz CT molecular complexity index is 687. The highest BCUT2D eigenvalue weighted by atomic mass is 79.9. The summed E-state index contributed by atoms with van der Waals surface area (Å²) in [7, 11) is 0. The van der Waals surface area contributed by atoms with Crippen LogP contribution in [0.1, 0.15) is 25.7 Å². The minimum Gasteiger partial charge on any atom is -0.484 e. The van der Waals surface area contributed by atoms with Gasteiger partial charge in [-0.15, -0.1) is 0 Å². The number of nitrogens with one attached hydrogen (secondary N) is 1. The monoisotopic (exact) mass is 446 g/mol. The van der Waals surface area contributed by atoms with E-state index in [9.17, 15) is 14.0 Å². The molecule has 26 heavy (non-hydrogen) atoms. The molecule has 142 valence electrons. The summed E-state index contributed by atoms with van der Waals surface area (Å²) in [4.78, 5) is 25.6. The summed E-state index contributed by atoms with van der Waals surface area (Å²) in [6.45, 7) is 1.42. The summed E-state index contributed by atoms with van der Waals surface area (Å²) in [5.41, 5.74) is 0.251. The quantitative estimate of drug-likeness (QED) is 0.706. The lowest BCUT2D eigenvalue weighted by Gasteiger charge is -2.52. The molecule has 1 saturated heterocycles. The molecular formula is C18H21BrClFN2O3. The molecule has 0 unspecified atom stereocenters. The first-order valence-electron chi connectivity index (χ1n) is 8.62. The topological polar surface area (TPSA) is 58.6 Å². The number of carbonyl (C=O) groups excluding carboxylic acids is 2. The van der Waals surface area contributed by atoms with Gasteiger partial charge in [0.25, 0.3) is 5.91 Å². The lowest BCUT2D eigenvalue weighted by Crippen LogP contribution is -2.56. The van der Waals surface area contributed by atoms with Crippen LogP contribution in [0.5, 0.6) is 5.75 Å². The molecule has 2 fully saturated rings. The Labute approximate surface area is 165 Å². The minimum atomic E-state index is -0.574. The van der Waals surface area contributed by atoms with Crippen LogP contribution >= 0.6 is 27.5 Å². The molecule has 3 rings (SSSR count). The smallest absolute Gasteiger partial charge is 0.258 e. The van der Waals surface area contributed by atoms with Crippen molar-refractivity contribution in [1.82, 2.24) is 10.2 Å². The van der Waals surface area contributed by atoms with Gasteiger partial charge >= 0.3 is 0 Å². The highest BCUT2D eigenvalue weighted by Gasteiger charge is 2.46. The summed E-state index contributed by atoms with van der Waals surface area (Å²) < 4.78 is 18.6. The molecule has 1 saturated carbocycles. The normalized spacial score (nSPS) is 19.1. The highest BCUT2D eigenvalue weighted by molar-refractivity contribution is 9.09. The van der Waals surface area contributed by atoms with Gasteiger partial charge in [-0.1, -0.05) is 27.5 Å². The van der Waals surface area contributed by atoms with Crippen LogP contribution in [-0.4, -0.2) is 47.8 Å². The Kier molecular flexibility index (Phi) is 6.07. The van der Waals surface area contributed by atoms with Gasteiger partial charge in [0.15, 0.2) is 6.61 Å². The van der Waals surface area contributed by atoms with Crippen molar-refractivity contribution in [3.8, 4) is 5.75 Å². The van der Waals surface area contributed by atoms with E-state index in [-0.39, 0.29) is 40.7 Å². The van der Waals surface area contributed by atoms with Crippen LogP contribution in [0, 0.1) is 11.2 Å². The van der Waals surface area contributed by atoms with Crippen molar-refractivity contribution in [3.63, 3.8) is 0 Å². The number of benzene rings is 1. The maximum Gasteiger partial charge on any atom is 0.258 e. The highest BCUT2D eigenvalue weighted by Crippen LogP contribution is 2.49. The zero-order valence-corrected chi connectivity index (χ0v) is 16.6. The average Bonchev–Trinajstić information content (AvgIpc) is 2.61. The second kappa shape index (κ2) is 8.13. The van der Waals surface area contributed by atoms with Gasteiger partial charge in [-0.25, -0.2) is 4.39 Å². The molecule has 2 amide bonds. The summed E-state index contributed by atoms with van der Waals surface area (Å²) in [5.74, 6) is -0.377. The number of hydrogen-bond acceptors (Lipinski definition) is 3. The van der Waals surface area contributed by atoms with Crippen LogP contribution in [0.4, 0.5) is 4.39 Å². The number of likely N-dealkylation sites (tertiary alicyclic amines) is 1. The fraction of sp³-hybridized carbons (Fsp3) is 0.556. The fourth-order valence-electron chi connectivity index (χ4n) is 3.80. The van der Waals surface area contributed by atoms with Crippen LogP contribution in [0.25, 0.3) is 0 Å². The van der Waals surface area contributed by atoms with Gasteiger partial charge in [0.05, 0.1) is 10.4 Å². The van der Waals surface area contributed by atoms with Gasteiger partial charge in [-0.05, 0) is 43.2 Å². The third-order valence-corrected chi connectivity index (χ3v) is 6.06. The largest absolute Gasteiger partial charge is 0.484 e. The predicted molar refractivity (Wildman–Crippen MR) is 100 cm³/mol. The van der Waals surface area contributed by atoms with E-state index in [1.165, 1.54) is 12.1 Å². The lowest BCUT2D eigenvalue weighted by atomic mass is 9.60. The lowest BCUT2D eigenvalue weighted by molar-refractivity contribution is -0.132. The second-order valence-electron chi connectivity index (χ2n) is 7.05. The van der Waals surface area contributed by atoms with Crippen LogP contribution in [0.2, 0.25) is 5.02 Å². The molecular weight excluding hydrogens is 427 g/mol. The van der Waals surface area contributed by atoms with Crippen molar-refractivity contribution >= 4 is 39.3 Å². The number of ether oxygens (including phenoxy) is 1. The van der Waals surface area contributed by atoms with E-state index in [2.05, 4.69) is 21.2 Å². The molecule has 0 radical (unpaired) electrons. The molecule has 0 aromatic heterocycles. The molecule has 1 N–H and O–H groups in total. The number of nitrogens with zero attached hydrogens (tertiary/aromatic N) is 1. The molecule has 1 heterocycles. The van der Waals surface area contributed by atoms with Gasteiger partial charge < -0.3 is 15.0 Å². The Morgan fingerprint density at radius 1 is 1.35 bits per heavy atom. The van der Waals surface area contributed by atoms with E-state index in [0.29, 0.717) is 5.33 Å². The van der Waals surface area contributed by atoms with Crippen LogP contribution in [-0.2, 0) is 9.59 Å². The third-order valence-electron chi connectivity index (χ3n) is 5.28. The molecule has 0 atom stereocenters. The zero-order chi connectivity index (χ0) is 18.7. The van der Waals surface area contributed by atoms with E-state index < -0.39 is 5.82 Å². The SMILES string of the molecule is O=C(COc1ccc(Cl)c(F)c1)NC1CC2(CCN(C(=O)CBr)CC2)C1. The van der Waals surface area contributed by atoms with Gasteiger partial charge in [0.1, 0.15) is 11.6 Å². The van der Waals surface area contributed by atoms with E-state index in [1.807, 2.05) is 4.90 Å². The van der Waals surface area contributed by atoms with Crippen molar-refractivity contribution in [3.05, 3.63) is 29.0 Å². The Balaban J connectivity index is 1.38. The van der Waals surface area contributed by atoms with E-state index in [0.717, 1.165) is 44.8 Å². The zero-order valence-electron chi connectivity index (χ0n) is 14.3. The Morgan fingerprint density at radius 2 is 2.04 bits per heavy atom. The maximum absolute atomic E-state index is 13.3. The van der Waals surface area contributed by atoms with E-state index in [1.54, 1.807) is 0 Å². The number of piperidine rings is 1. The van der Waals surface area contributed by atoms with Gasteiger partial charge in [-0.3, -0.25) is 9.59 Å². The number of alkyl halides is 1.